The first-order valence-electron chi connectivity index (χ1n) is 10.6. The van der Waals surface area contributed by atoms with Gasteiger partial charge in [-0.1, -0.05) is 12.1 Å². The second-order valence-electron chi connectivity index (χ2n) is 8.42. The van der Waals surface area contributed by atoms with Gasteiger partial charge in [-0.3, -0.25) is 9.69 Å². The standard InChI is InChI=1S/C23H30N4O2/c1-16(2)29-21-6-4-18(5-7-21)13-26-10-8-19(14-26)23-24-12-20-15-27(17(3)28)11-9-22(20)25-23/h4-7,12,16,19H,8-11,13-15H2,1-3H3/t19-/m1/s1. The molecule has 1 amide bonds. The minimum Gasteiger partial charge on any atom is -0.491 e. The number of carbonyl (C=O) groups excluding carboxylic acids is 1. The van der Waals surface area contributed by atoms with E-state index < -0.39 is 0 Å². The highest BCUT2D eigenvalue weighted by Gasteiger charge is 2.28. The van der Waals surface area contributed by atoms with Gasteiger partial charge in [-0.25, -0.2) is 9.97 Å². The van der Waals surface area contributed by atoms with Crippen LogP contribution in [0.25, 0.3) is 0 Å². The Balaban J connectivity index is 1.36. The van der Waals surface area contributed by atoms with Crippen molar-refractivity contribution in [3.8, 4) is 5.75 Å². The normalized spacial score (nSPS) is 19.4. The fraction of sp³-hybridized carbons (Fsp3) is 0.522. The number of hydrogen-bond donors (Lipinski definition) is 0. The largest absolute Gasteiger partial charge is 0.491 e. The summed E-state index contributed by atoms with van der Waals surface area (Å²) < 4.78 is 5.73. The number of likely N-dealkylation sites (tertiary alicyclic amines) is 1. The van der Waals surface area contributed by atoms with Crippen LogP contribution in [-0.4, -0.2) is 51.4 Å². The Morgan fingerprint density at radius 3 is 2.76 bits per heavy atom. The quantitative estimate of drug-likeness (QED) is 0.780. The van der Waals surface area contributed by atoms with Crippen LogP contribution in [0.4, 0.5) is 0 Å². The van der Waals surface area contributed by atoms with E-state index in [-0.39, 0.29) is 12.0 Å². The summed E-state index contributed by atoms with van der Waals surface area (Å²) in [6.45, 7) is 10.1. The highest BCUT2D eigenvalue weighted by molar-refractivity contribution is 5.73. The molecular weight excluding hydrogens is 364 g/mol. The number of benzene rings is 1. The molecule has 154 valence electrons. The van der Waals surface area contributed by atoms with Crippen LogP contribution >= 0.6 is 0 Å². The maximum absolute atomic E-state index is 11.6. The van der Waals surface area contributed by atoms with E-state index in [1.165, 1.54) is 5.56 Å². The SMILES string of the molecule is CC(=O)N1CCc2nc([C@@H]3CCN(Cc4ccc(OC(C)C)cc4)C3)ncc2C1. The number of amides is 1. The lowest BCUT2D eigenvalue weighted by Gasteiger charge is -2.27. The molecule has 29 heavy (non-hydrogen) atoms. The van der Waals surface area contributed by atoms with Gasteiger partial charge in [0.2, 0.25) is 5.91 Å². The van der Waals surface area contributed by atoms with Gasteiger partial charge in [0.1, 0.15) is 11.6 Å². The molecule has 2 aliphatic heterocycles. The maximum atomic E-state index is 11.6. The maximum Gasteiger partial charge on any atom is 0.219 e. The van der Waals surface area contributed by atoms with Crippen molar-refractivity contribution < 1.29 is 9.53 Å². The van der Waals surface area contributed by atoms with Crippen LogP contribution in [0.3, 0.4) is 0 Å². The van der Waals surface area contributed by atoms with E-state index in [2.05, 4.69) is 34.1 Å². The molecule has 2 aromatic rings. The second-order valence-corrected chi connectivity index (χ2v) is 8.42. The predicted octanol–water partition coefficient (Wildman–Crippen LogP) is 3.16. The molecule has 0 radical (unpaired) electrons. The third kappa shape index (κ3) is 4.75. The molecule has 1 aromatic carbocycles. The smallest absolute Gasteiger partial charge is 0.219 e. The third-order valence-electron chi connectivity index (χ3n) is 5.74. The Morgan fingerprint density at radius 1 is 1.24 bits per heavy atom. The number of rotatable bonds is 5. The lowest BCUT2D eigenvalue weighted by atomic mass is 10.0. The lowest BCUT2D eigenvalue weighted by molar-refractivity contribution is -0.129. The summed E-state index contributed by atoms with van der Waals surface area (Å²) in [6.07, 6.45) is 4.05. The molecular formula is C23H30N4O2. The predicted molar refractivity (Wildman–Crippen MR) is 112 cm³/mol. The van der Waals surface area contributed by atoms with E-state index >= 15 is 0 Å². The van der Waals surface area contributed by atoms with Gasteiger partial charge >= 0.3 is 0 Å². The molecule has 1 saturated heterocycles. The third-order valence-corrected chi connectivity index (χ3v) is 5.74. The Kier molecular flexibility index (Phi) is 5.81. The average Bonchev–Trinajstić information content (AvgIpc) is 3.16. The van der Waals surface area contributed by atoms with E-state index in [0.29, 0.717) is 12.5 Å². The van der Waals surface area contributed by atoms with Crippen LogP contribution in [0.5, 0.6) is 5.75 Å². The van der Waals surface area contributed by atoms with Crippen molar-refractivity contribution in [2.45, 2.75) is 58.7 Å². The van der Waals surface area contributed by atoms with Gasteiger partial charge in [-0.05, 0) is 44.5 Å². The highest BCUT2D eigenvalue weighted by atomic mass is 16.5. The lowest BCUT2D eigenvalue weighted by Crippen LogP contribution is -2.35. The van der Waals surface area contributed by atoms with E-state index in [1.807, 2.05) is 24.9 Å². The Morgan fingerprint density at radius 2 is 2.03 bits per heavy atom. The van der Waals surface area contributed by atoms with Crippen molar-refractivity contribution in [2.24, 2.45) is 0 Å². The summed E-state index contributed by atoms with van der Waals surface area (Å²) in [4.78, 5) is 25.5. The number of nitrogens with zero attached hydrogens (tertiary/aromatic N) is 4. The number of aromatic nitrogens is 2. The van der Waals surface area contributed by atoms with Gasteiger partial charge in [-0.15, -0.1) is 0 Å². The summed E-state index contributed by atoms with van der Waals surface area (Å²) in [6, 6.07) is 8.42. The molecule has 0 saturated carbocycles. The summed E-state index contributed by atoms with van der Waals surface area (Å²) in [5, 5.41) is 0. The molecule has 1 aromatic heterocycles. The Bertz CT molecular complexity index is 866. The van der Waals surface area contributed by atoms with Crippen molar-refractivity contribution in [3.63, 3.8) is 0 Å². The van der Waals surface area contributed by atoms with Gasteiger partial charge in [0.05, 0.1) is 11.8 Å². The van der Waals surface area contributed by atoms with E-state index in [4.69, 9.17) is 9.72 Å². The van der Waals surface area contributed by atoms with Crippen LogP contribution < -0.4 is 4.74 Å². The molecule has 3 heterocycles. The number of hydrogen-bond acceptors (Lipinski definition) is 5. The molecule has 2 aliphatic rings. The molecule has 6 nitrogen and oxygen atoms in total. The van der Waals surface area contributed by atoms with Crippen molar-refractivity contribution in [1.82, 2.24) is 19.8 Å². The monoisotopic (exact) mass is 394 g/mol. The highest BCUT2D eigenvalue weighted by Crippen LogP contribution is 2.28. The zero-order chi connectivity index (χ0) is 20.4. The molecule has 1 atom stereocenters. The van der Waals surface area contributed by atoms with Crippen LogP contribution in [0.1, 0.15) is 55.8 Å². The molecule has 0 spiro atoms. The molecule has 1 fully saturated rings. The number of carbonyl (C=O) groups is 1. The summed E-state index contributed by atoms with van der Waals surface area (Å²) in [5.41, 5.74) is 3.51. The molecule has 4 rings (SSSR count). The van der Waals surface area contributed by atoms with Crippen LogP contribution in [0.15, 0.2) is 30.5 Å². The van der Waals surface area contributed by atoms with Crippen molar-refractivity contribution in [2.75, 3.05) is 19.6 Å². The fourth-order valence-corrected chi connectivity index (χ4v) is 4.19. The second kappa shape index (κ2) is 8.49. The summed E-state index contributed by atoms with van der Waals surface area (Å²) >= 11 is 0. The summed E-state index contributed by atoms with van der Waals surface area (Å²) in [7, 11) is 0. The minimum atomic E-state index is 0.120. The van der Waals surface area contributed by atoms with Gasteiger partial charge < -0.3 is 9.64 Å². The van der Waals surface area contributed by atoms with E-state index in [9.17, 15) is 4.79 Å². The fourth-order valence-electron chi connectivity index (χ4n) is 4.19. The molecule has 0 bridgehead atoms. The Labute approximate surface area is 172 Å². The zero-order valence-corrected chi connectivity index (χ0v) is 17.6. The van der Waals surface area contributed by atoms with Crippen LogP contribution in [-0.2, 0) is 24.3 Å². The van der Waals surface area contributed by atoms with E-state index in [0.717, 1.165) is 61.9 Å². The minimum absolute atomic E-state index is 0.120. The number of fused-ring (bicyclic) bond motifs is 1. The first kappa shape index (κ1) is 19.8. The van der Waals surface area contributed by atoms with Gasteiger partial charge in [0.25, 0.3) is 0 Å². The van der Waals surface area contributed by atoms with Crippen molar-refractivity contribution in [3.05, 3.63) is 53.1 Å². The first-order chi connectivity index (χ1) is 14.0. The molecule has 0 N–H and O–H groups in total. The molecule has 6 heteroatoms. The van der Waals surface area contributed by atoms with Crippen molar-refractivity contribution in [1.29, 1.82) is 0 Å². The summed E-state index contributed by atoms with van der Waals surface area (Å²) in [5.74, 6) is 2.39. The average molecular weight is 395 g/mol. The Hall–Kier alpha value is -2.47. The van der Waals surface area contributed by atoms with Gasteiger partial charge in [-0.2, -0.15) is 0 Å². The van der Waals surface area contributed by atoms with Gasteiger partial charge in [0, 0.05) is 57.2 Å². The topological polar surface area (TPSA) is 58.6 Å². The first-order valence-corrected chi connectivity index (χ1v) is 10.6. The zero-order valence-electron chi connectivity index (χ0n) is 17.6. The molecule has 0 unspecified atom stereocenters. The number of ether oxygens (including phenoxy) is 1. The van der Waals surface area contributed by atoms with Gasteiger partial charge in [0.15, 0.2) is 0 Å². The van der Waals surface area contributed by atoms with Crippen LogP contribution in [0, 0.1) is 0 Å². The van der Waals surface area contributed by atoms with Crippen molar-refractivity contribution >= 4 is 5.91 Å². The molecule has 0 aliphatic carbocycles. The van der Waals surface area contributed by atoms with Crippen LogP contribution in [0.2, 0.25) is 0 Å². The van der Waals surface area contributed by atoms with E-state index in [1.54, 1.807) is 6.92 Å².